The quantitative estimate of drug-likeness (QED) is 0.453. The third kappa shape index (κ3) is 9.20. The van der Waals surface area contributed by atoms with Crippen molar-refractivity contribution in [3.63, 3.8) is 0 Å². The van der Waals surface area contributed by atoms with Gasteiger partial charge in [-0.2, -0.15) is 0 Å². The molecule has 0 saturated carbocycles. The zero-order chi connectivity index (χ0) is 22.0. The third-order valence-electron chi connectivity index (χ3n) is 3.52. The van der Waals surface area contributed by atoms with Gasteiger partial charge < -0.3 is 24.7 Å². The van der Waals surface area contributed by atoms with Crippen molar-refractivity contribution in [3.05, 3.63) is 23.8 Å². The summed E-state index contributed by atoms with van der Waals surface area (Å²) in [4.78, 5) is 45.9. The minimum Gasteiger partial charge on any atom is -0.461 e. The monoisotopic (exact) mass is 409 g/mol. The number of hydrogen-bond acceptors (Lipinski definition) is 9. The number of ether oxygens (including phenoxy) is 4. The first-order valence-electron chi connectivity index (χ1n) is 9.23. The van der Waals surface area contributed by atoms with E-state index in [4.69, 9.17) is 24.7 Å². The Bertz CT molecular complexity index is 746. The summed E-state index contributed by atoms with van der Waals surface area (Å²) in [7, 11) is 0. The van der Waals surface area contributed by atoms with E-state index in [-0.39, 0.29) is 30.5 Å². The van der Waals surface area contributed by atoms with Crippen molar-refractivity contribution >= 4 is 23.9 Å². The van der Waals surface area contributed by atoms with Gasteiger partial charge in [0.15, 0.2) is 11.5 Å². The molecule has 0 aliphatic carbocycles. The summed E-state index contributed by atoms with van der Waals surface area (Å²) in [6.45, 7) is 5.80. The van der Waals surface area contributed by atoms with Crippen molar-refractivity contribution < 1.29 is 38.1 Å². The highest BCUT2D eigenvalue weighted by molar-refractivity contribution is 5.76. The van der Waals surface area contributed by atoms with Gasteiger partial charge >= 0.3 is 23.9 Å². The average Bonchev–Trinajstić information content (AvgIpc) is 2.61. The van der Waals surface area contributed by atoms with Crippen LogP contribution in [0.1, 0.15) is 46.1 Å². The molecule has 2 N–H and O–H groups in total. The lowest BCUT2D eigenvalue weighted by Crippen LogP contribution is -2.36. The number of carbonyl (C=O) groups is 4. The summed E-state index contributed by atoms with van der Waals surface area (Å²) in [6, 6.07) is 3.51. The van der Waals surface area contributed by atoms with Gasteiger partial charge in [0, 0.05) is 20.3 Å². The minimum absolute atomic E-state index is 0.0437. The van der Waals surface area contributed by atoms with Gasteiger partial charge in [-0.25, -0.2) is 0 Å². The van der Waals surface area contributed by atoms with Crippen LogP contribution in [0.2, 0.25) is 0 Å². The molecule has 29 heavy (non-hydrogen) atoms. The molecule has 0 spiro atoms. The van der Waals surface area contributed by atoms with E-state index in [2.05, 4.69) is 0 Å². The van der Waals surface area contributed by atoms with E-state index in [1.165, 1.54) is 26.0 Å². The van der Waals surface area contributed by atoms with Gasteiger partial charge in [0.05, 0.1) is 0 Å². The van der Waals surface area contributed by atoms with Gasteiger partial charge in [0.25, 0.3) is 0 Å². The third-order valence-corrected chi connectivity index (χ3v) is 3.52. The molecule has 9 nitrogen and oxygen atoms in total. The molecule has 0 saturated heterocycles. The Morgan fingerprint density at radius 2 is 1.66 bits per heavy atom. The maximum absolute atomic E-state index is 12.1. The number of rotatable bonds is 10. The van der Waals surface area contributed by atoms with Gasteiger partial charge in [0.2, 0.25) is 0 Å². The van der Waals surface area contributed by atoms with E-state index in [1.54, 1.807) is 13.0 Å². The summed E-state index contributed by atoms with van der Waals surface area (Å²) < 4.78 is 20.2. The van der Waals surface area contributed by atoms with Crippen LogP contribution in [0.25, 0.3) is 0 Å². The molecule has 160 valence electrons. The fraction of sp³-hybridized carbons (Fsp3) is 0.500. The normalized spacial score (nSPS) is 12.4. The van der Waals surface area contributed by atoms with Gasteiger partial charge in [-0.1, -0.05) is 13.0 Å². The summed E-state index contributed by atoms with van der Waals surface area (Å²) in [5.74, 6) is -2.06. The number of nitrogens with two attached hydrogens (primary N) is 1. The average molecular weight is 409 g/mol. The molecule has 0 aliphatic heterocycles. The fourth-order valence-corrected chi connectivity index (χ4v) is 2.32. The number of hydrogen-bond donors (Lipinski definition) is 1. The zero-order valence-corrected chi connectivity index (χ0v) is 17.1. The van der Waals surface area contributed by atoms with Gasteiger partial charge in [-0.05, 0) is 37.5 Å². The molecule has 0 amide bonds. The van der Waals surface area contributed by atoms with Crippen LogP contribution in [0.4, 0.5) is 0 Å². The van der Waals surface area contributed by atoms with Gasteiger partial charge in [0.1, 0.15) is 18.8 Å². The first kappa shape index (κ1) is 24.1. The molecule has 0 aliphatic rings. The maximum Gasteiger partial charge on any atom is 0.323 e. The highest BCUT2D eigenvalue weighted by Crippen LogP contribution is 2.29. The van der Waals surface area contributed by atoms with E-state index in [0.717, 1.165) is 0 Å². The first-order chi connectivity index (χ1) is 13.6. The Labute approximate surface area is 169 Å². The Hall–Kier alpha value is -2.94. The predicted molar refractivity (Wildman–Crippen MR) is 102 cm³/mol. The highest BCUT2D eigenvalue weighted by atomic mass is 16.6. The topological polar surface area (TPSA) is 131 Å². The van der Waals surface area contributed by atoms with Crippen molar-refractivity contribution in [2.45, 2.75) is 59.1 Å². The smallest absolute Gasteiger partial charge is 0.323 e. The number of benzene rings is 1. The molecule has 1 rings (SSSR count). The summed E-state index contributed by atoms with van der Waals surface area (Å²) in [6.07, 6.45) is 0.481. The van der Waals surface area contributed by atoms with Crippen molar-refractivity contribution in [3.8, 4) is 11.5 Å². The lowest BCUT2D eigenvalue weighted by atomic mass is 10.1. The van der Waals surface area contributed by atoms with Crippen LogP contribution in [0, 0.1) is 0 Å². The Morgan fingerprint density at radius 1 is 1.03 bits per heavy atom. The van der Waals surface area contributed by atoms with Gasteiger partial charge in [-0.3, -0.25) is 19.2 Å². The molecular formula is C20H27NO8. The summed E-state index contributed by atoms with van der Waals surface area (Å²) in [5.41, 5.74) is 6.45. The molecule has 0 fully saturated rings. The molecule has 1 aromatic rings. The zero-order valence-electron chi connectivity index (χ0n) is 17.1. The highest BCUT2D eigenvalue weighted by Gasteiger charge is 2.20. The van der Waals surface area contributed by atoms with Crippen LogP contribution in [-0.2, 0) is 35.1 Å². The maximum atomic E-state index is 12.1. The second-order valence-electron chi connectivity index (χ2n) is 6.46. The lowest BCUT2D eigenvalue weighted by molar-refractivity contribution is -0.158. The Kier molecular flexibility index (Phi) is 9.81. The van der Waals surface area contributed by atoms with Crippen molar-refractivity contribution in [1.29, 1.82) is 0 Å². The van der Waals surface area contributed by atoms with Crippen LogP contribution in [0.5, 0.6) is 11.5 Å². The Morgan fingerprint density at radius 3 is 2.24 bits per heavy atom. The first-order valence-corrected chi connectivity index (χ1v) is 9.23. The van der Waals surface area contributed by atoms with Crippen LogP contribution in [-0.4, -0.2) is 42.6 Å². The number of esters is 4. The summed E-state index contributed by atoms with van der Waals surface area (Å²) >= 11 is 0. The largest absolute Gasteiger partial charge is 0.461 e. The summed E-state index contributed by atoms with van der Waals surface area (Å²) in [5, 5.41) is 0. The van der Waals surface area contributed by atoms with Crippen LogP contribution >= 0.6 is 0 Å². The van der Waals surface area contributed by atoms with Gasteiger partial charge in [-0.15, -0.1) is 0 Å². The minimum atomic E-state index is -0.988. The van der Waals surface area contributed by atoms with Crippen molar-refractivity contribution in [1.82, 2.24) is 0 Å². The number of carbonyl (C=O) groups excluding carboxylic acids is 4. The van der Waals surface area contributed by atoms with Crippen molar-refractivity contribution in [2.75, 3.05) is 6.61 Å². The molecule has 0 heterocycles. The van der Waals surface area contributed by atoms with E-state index in [1.807, 2.05) is 6.92 Å². The standard InChI is InChI=1S/C20H27NO8/c1-5-6-19(24)27-12(2)11-26-20(25)16(21)9-15-7-8-17(28-13(3)22)18(10-15)29-14(4)23/h7-8,10,12,16H,5-6,9,11,21H2,1-4H3/t12-,16-/m0/s1. The molecule has 1 aromatic carbocycles. The molecular weight excluding hydrogens is 382 g/mol. The molecule has 0 bridgehead atoms. The molecule has 0 unspecified atom stereocenters. The van der Waals surface area contributed by atoms with Crippen molar-refractivity contribution in [2.24, 2.45) is 5.73 Å². The van der Waals surface area contributed by atoms with E-state index < -0.39 is 30.1 Å². The lowest BCUT2D eigenvalue weighted by Gasteiger charge is -2.16. The molecule has 0 aromatic heterocycles. The predicted octanol–water partition coefficient (Wildman–Crippen LogP) is 1.68. The van der Waals surface area contributed by atoms with E-state index >= 15 is 0 Å². The second-order valence-corrected chi connectivity index (χ2v) is 6.46. The molecule has 9 heteroatoms. The molecule has 2 atom stereocenters. The fourth-order valence-electron chi connectivity index (χ4n) is 2.32. The van der Waals surface area contributed by atoms with Crippen LogP contribution in [0.3, 0.4) is 0 Å². The Balaban J connectivity index is 2.68. The molecule has 0 radical (unpaired) electrons. The second kappa shape index (κ2) is 11.8. The van der Waals surface area contributed by atoms with Crippen LogP contribution in [0.15, 0.2) is 18.2 Å². The van der Waals surface area contributed by atoms with Crippen LogP contribution < -0.4 is 15.2 Å². The SMILES string of the molecule is CCCC(=O)O[C@@H](C)COC(=O)[C@@H](N)Cc1ccc(OC(C)=O)c(OC(C)=O)c1. The van der Waals surface area contributed by atoms with E-state index in [9.17, 15) is 19.2 Å². The van der Waals surface area contributed by atoms with E-state index in [0.29, 0.717) is 18.4 Å².